The average molecular weight is 364 g/mol. The Bertz CT molecular complexity index is 740. The number of carbonyl (C=O) groups is 1. The molecule has 0 aromatic heterocycles. The molecule has 27 heavy (non-hydrogen) atoms. The predicted octanol–water partition coefficient (Wildman–Crippen LogP) is 3.15. The smallest absolute Gasteiger partial charge is 0.250 e. The number of nitriles is 1. The number of likely N-dealkylation sites (tertiary alicyclic amines) is 1. The van der Waals surface area contributed by atoms with Crippen LogP contribution in [0.25, 0.3) is 0 Å². The molecule has 1 fully saturated rings. The number of carbonyl (C=O) groups excluding carboxylic acids is 1. The first-order valence-electron chi connectivity index (χ1n) is 9.51. The van der Waals surface area contributed by atoms with Crippen molar-refractivity contribution in [2.24, 2.45) is 0 Å². The lowest BCUT2D eigenvalue weighted by atomic mass is 10.1. The summed E-state index contributed by atoms with van der Waals surface area (Å²) in [6.07, 6.45) is 13.7. The lowest BCUT2D eigenvalue weighted by molar-refractivity contribution is -0.137. The van der Waals surface area contributed by atoms with Crippen LogP contribution in [0.15, 0.2) is 36.3 Å². The zero-order valence-corrected chi connectivity index (χ0v) is 16.3. The Balaban J connectivity index is 0.00000126. The van der Waals surface area contributed by atoms with Gasteiger partial charge in [-0.2, -0.15) is 5.26 Å². The first-order valence-corrected chi connectivity index (χ1v) is 9.51. The van der Waals surface area contributed by atoms with Crippen LogP contribution in [0.5, 0.6) is 0 Å². The van der Waals surface area contributed by atoms with Crippen LogP contribution in [0.4, 0.5) is 0 Å². The van der Waals surface area contributed by atoms with Gasteiger partial charge in [-0.15, -0.1) is 12.8 Å². The fourth-order valence-electron chi connectivity index (χ4n) is 3.65. The third-order valence-electron chi connectivity index (χ3n) is 5.19. The van der Waals surface area contributed by atoms with E-state index in [1.165, 1.54) is 6.42 Å². The molecule has 142 valence electrons. The fraction of sp³-hybridized carbons (Fsp3) is 0.455. The van der Waals surface area contributed by atoms with Crippen LogP contribution in [-0.2, 0) is 11.3 Å². The summed E-state index contributed by atoms with van der Waals surface area (Å²) >= 11 is 0. The lowest BCUT2D eigenvalue weighted by Gasteiger charge is -2.44. The number of piperidine rings is 1. The summed E-state index contributed by atoms with van der Waals surface area (Å²) in [4.78, 5) is 19.4. The number of rotatable bonds is 4. The monoisotopic (exact) mass is 364 g/mol. The van der Waals surface area contributed by atoms with Crippen molar-refractivity contribution in [1.29, 1.82) is 5.26 Å². The minimum absolute atomic E-state index is 0.109. The van der Waals surface area contributed by atoms with Gasteiger partial charge in [0.05, 0.1) is 18.2 Å². The number of hydrogen-bond acceptors (Lipinski definition) is 4. The van der Waals surface area contributed by atoms with Crippen LogP contribution >= 0.6 is 0 Å². The second kappa shape index (κ2) is 9.69. The van der Waals surface area contributed by atoms with Gasteiger partial charge in [-0.25, -0.2) is 0 Å². The molecular formula is C22H28N4O. The Morgan fingerprint density at radius 1 is 1.19 bits per heavy atom. The van der Waals surface area contributed by atoms with E-state index in [4.69, 9.17) is 0 Å². The quantitative estimate of drug-likeness (QED) is 0.770. The maximum atomic E-state index is 13.1. The van der Waals surface area contributed by atoms with E-state index in [1.807, 2.05) is 36.1 Å². The van der Waals surface area contributed by atoms with Crippen molar-refractivity contribution in [3.05, 3.63) is 47.4 Å². The van der Waals surface area contributed by atoms with Gasteiger partial charge in [0.15, 0.2) is 0 Å². The second-order valence-corrected chi connectivity index (χ2v) is 6.73. The second-order valence-electron chi connectivity index (χ2n) is 6.73. The van der Waals surface area contributed by atoms with Crippen LogP contribution < -0.4 is 0 Å². The van der Waals surface area contributed by atoms with Gasteiger partial charge >= 0.3 is 0 Å². The standard InChI is InChI=1S/C20H26N4O.C2H2/c1-3-22-15-19(23-11-7-4-8-12-23)24(20(25)16(22)2)14-18-10-6-5-9-17(18)13-21;1-2/h5-6,9-10,15-16H,3-4,7-8,11-12,14H2,1-2H3;1-2H. The van der Waals surface area contributed by atoms with Crippen molar-refractivity contribution in [2.45, 2.75) is 45.7 Å². The van der Waals surface area contributed by atoms with Gasteiger partial charge < -0.3 is 9.80 Å². The molecule has 1 unspecified atom stereocenters. The molecule has 1 aromatic rings. The Morgan fingerprint density at radius 2 is 1.85 bits per heavy atom. The van der Waals surface area contributed by atoms with E-state index >= 15 is 0 Å². The van der Waals surface area contributed by atoms with Gasteiger partial charge in [0.1, 0.15) is 11.9 Å². The highest BCUT2D eigenvalue weighted by Crippen LogP contribution is 2.27. The third kappa shape index (κ3) is 4.44. The molecule has 1 saturated heterocycles. The predicted molar refractivity (Wildman–Crippen MR) is 107 cm³/mol. The molecule has 5 nitrogen and oxygen atoms in total. The number of nitrogens with zero attached hydrogens (tertiary/aromatic N) is 4. The number of hydrogen-bond donors (Lipinski definition) is 0. The zero-order valence-electron chi connectivity index (χ0n) is 16.3. The highest BCUT2D eigenvalue weighted by molar-refractivity contribution is 5.84. The molecule has 0 bridgehead atoms. The van der Waals surface area contributed by atoms with Crippen molar-refractivity contribution in [1.82, 2.24) is 14.7 Å². The third-order valence-corrected chi connectivity index (χ3v) is 5.19. The molecule has 3 rings (SSSR count). The molecule has 1 atom stereocenters. The van der Waals surface area contributed by atoms with Crippen LogP contribution in [0.1, 0.15) is 44.2 Å². The van der Waals surface area contributed by atoms with E-state index in [-0.39, 0.29) is 11.9 Å². The molecule has 1 amide bonds. The first kappa shape index (κ1) is 20.4. The Kier molecular flexibility index (Phi) is 7.32. The fourth-order valence-corrected chi connectivity index (χ4v) is 3.65. The number of terminal acetylenes is 1. The van der Waals surface area contributed by atoms with Crippen molar-refractivity contribution in [3.63, 3.8) is 0 Å². The van der Waals surface area contributed by atoms with Crippen LogP contribution in [0.2, 0.25) is 0 Å². The summed E-state index contributed by atoms with van der Waals surface area (Å²) in [7, 11) is 0. The Labute approximate surface area is 162 Å². The molecule has 5 heteroatoms. The number of amides is 1. The molecule has 0 spiro atoms. The lowest BCUT2D eigenvalue weighted by Crippen LogP contribution is -2.53. The van der Waals surface area contributed by atoms with E-state index in [9.17, 15) is 10.1 Å². The maximum absolute atomic E-state index is 13.1. The average Bonchev–Trinajstić information content (AvgIpc) is 2.74. The largest absolute Gasteiger partial charge is 0.363 e. The van der Waals surface area contributed by atoms with E-state index in [0.29, 0.717) is 12.1 Å². The van der Waals surface area contributed by atoms with Gasteiger partial charge in [-0.05, 0) is 44.7 Å². The molecule has 0 N–H and O–H groups in total. The van der Waals surface area contributed by atoms with Gasteiger partial charge in [0.2, 0.25) is 0 Å². The molecule has 0 aliphatic carbocycles. The van der Waals surface area contributed by atoms with Crippen LogP contribution in [-0.4, -0.2) is 46.3 Å². The zero-order chi connectivity index (χ0) is 19.8. The summed E-state index contributed by atoms with van der Waals surface area (Å²) in [5.41, 5.74) is 1.54. The molecule has 2 aliphatic rings. The number of benzene rings is 1. The van der Waals surface area contributed by atoms with Crippen LogP contribution in [0.3, 0.4) is 0 Å². The van der Waals surface area contributed by atoms with E-state index in [2.05, 4.69) is 41.8 Å². The SMILES string of the molecule is C#C.CCN1C=C(N2CCCCC2)N(Cc2ccccc2C#N)C(=O)C1C. The highest BCUT2D eigenvalue weighted by Gasteiger charge is 2.34. The highest BCUT2D eigenvalue weighted by atomic mass is 16.2. The molecular weight excluding hydrogens is 336 g/mol. The normalized spacial score (nSPS) is 19.7. The van der Waals surface area contributed by atoms with Gasteiger partial charge in [-0.1, -0.05) is 18.2 Å². The van der Waals surface area contributed by atoms with Gasteiger partial charge in [0.25, 0.3) is 5.91 Å². The topological polar surface area (TPSA) is 50.6 Å². The minimum Gasteiger partial charge on any atom is -0.363 e. The Hall–Kier alpha value is -2.92. The summed E-state index contributed by atoms with van der Waals surface area (Å²) < 4.78 is 0. The van der Waals surface area contributed by atoms with E-state index in [1.54, 1.807) is 0 Å². The Morgan fingerprint density at radius 3 is 2.48 bits per heavy atom. The minimum atomic E-state index is -0.173. The summed E-state index contributed by atoms with van der Waals surface area (Å²) in [5, 5.41) is 9.37. The van der Waals surface area contributed by atoms with Crippen LogP contribution in [0, 0.1) is 24.2 Å². The summed E-state index contributed by atoms with van der Waals surface area (Å²) in [6.45, 7) is 7.27. The van der Waals surface area contributed by atoms with Crippen molar-refractivity contribution < 1.29 is 4.79 Å². The van der Waals surface area contributed by atoms with Crippen molar-refractivity contribution in [2.75, 3.05) is 19.6 Å². The maximum Gasteiger partial charge on any atom is 0.250 e. The van der Waals surface area contributed by atoms with Crippen molar-refractivity contribution >= 4 is 5.91 Å². The summed E-state index contributed by atoms with van der Waals surface area (Å²) in [5.74, 6) is 1.09. The van der Waals surface area contributed by atoms with E-state index in [0.717, 1.165) is 43.9 Å². The first-order chi connectivity index (χ1) is 13.2. The molecule has 2 aliphatic heterocycles. The molecule has 2 heterocycles. The van der Waals surface area contributed by atoms with Crippen molar-refractivity contribution in [3.8, 4) is 18.9 Å². The van der Waals surface area contributed by atoms with Gasteiger partial charge in [-0.3, -0.25) is 9.69 Å². The van der Waals surface area contributed by atoms with Gasteiger partial charge in [0, 0.05) is 25.8 Å². The summed E-state index contributed by atoms with van der Waals surface area (Å²) in [6, 6.07) is 9.62. The molecule has 1 aromatic carbocycles. The molecule has 0 saturated carbocycles. The molecule has 0 radical (unpaired) electrons. The number of likely N-dealkylation sites (N-methyl/N-ethyl adjacent to an activating group) is 1. The van der Waals surface area contributed by atoms with E-state index < -0.39 is 0 Å².